The zero-order chi connectivity index (χ0) is 12.3. The molecule has 0 fully saturated rings. The van der Waals surface area contributed by atoms with Crippen LogP contribution in [0.2, 0.25) is 0 Å². The summed E-state index contributed by atoms with van der Waals surface area (Å²) in [5.74, 6) is 5.63. The predicted octanol–water partition coefficient (Wildman–Crippen LogP) is 4.02. The Bertz CT molecular complexity index is 482. The molecule has 0 radical (unpaired) electrons. The summed E-state index contributed by atoms with van der Waals surface area (Å²) in [5.41, 5.74) is 4.07. The van der Waals surface area contributed by atoms with Crippen molar-refractivity contribution in [3.05, 3.63) is 55.1 Å². The number of nitrogens with one attached hydrogen (secondary N) is 1. The number of benzene rings is 1. The zero-order valence-electron chi connectivity index (χ0n) is 8.99. The molecule has 0 saturated heterocycles. The molecule has 0 bridgehead atoms. The van der Waals surface area contributed by atoms with Gasteiger partial charge in [-0.25, -0.2) is 0 Å². The van der Waals surface area contributed by atoms with Gasteiger partial charge in [0.25, 0.3) is 0 Å². The average molecular weight is 376 g/mol. The fourth-order valence-electron chi connectivity index (χ4n) is 1.63. The molecule has 0 spiro atoms. The molecule has 1 aromatic carbocycles. The summed E-state index contributed by atoms with van der Waals surface area (Å²) < 4.78 is 2.21. The standard InChI is InChI=1S/C12H12Br2N2S/c13-9-3-1-8(2-4-9)12(16-15)6-11-5-10(14)7-17-11/h1-5,7,12,16H,6,15H2. The SMILES string of the molecule is NNC(Cc1cc(Br)cs1)c1ccc(Br)cc1. The van der Waals surface area contributed by atoms with E-state index in [0.29, 0.717) is 0 Å². The van der Waals surface area contributed by atoms with Crippen molar-refractivity contribution in [2.75, 3.05) is 0 Å². The Hall–Kier alpha value is -0.200. The quantitative estimate of drug-likeness (QED) is 0.625. The maximum Gasteiger partial charge on any atom is 0.0508 e. The van der Waals surface area contributed by atoms with Crippen molar-refractivity contribution in [1.29, 1.82) is 0 Å². The lowest BCUT2D eigenvalue weighted by Crippen LogP contribution is -2.29. The van der Waals surface area contributed by atoms with Crippen LogP contribution < -0.4 is 11.3 Å². The van der Waals surface area contributed by atoms with Crippen molar-refractivity contribution in [2.24, 2.45) is 5.84 Å². The third-order valence-corrected chi connectivity index (χ3v) is 4.75. The highest BCUT2D eigenvalue weighted by molar-refractivity contribution is 9.10. The summed E-state index contributed by atoms with van der Waals surface area (Å²) in [4.78, 5) is 1.31. The minimum atomic E-state index is 0.147. The molecule has 0 saturated carbocycles. The highest BCUT2D eigenvalue weighted by Gasteiger charge is 2.11. The Morgan fingerprint density at radius 2 is 1.88 bits per heavy atom. The van der Waals surface area contributed by atoms with Gasteiger partial charge in [-0.15, -0.1) is 11.3 Å². The Morgan fingerprint density at radius 3 is 2.41 bits per heavy atom. The number of nitrogens with two attached hydrogens (primary N) is 1. The van der Waals surface area contributed by atoms with E-state index in [1.807, 2.05) is 12.1 Å². The molecule has 1 aromatic heterocycles. The third kappa shape index (κ3) is 3.63. The highest BCUT2D eigenvalue weighted by atomic mass is 79.9. The van der Waals surface area contributed by atoms with Crippen molar-refractivity contribution in [1.82, 2.24) is 5.43 Å². The minimum absolute atomic E-state index is 0.147. The van der Waals surface area contributed by atoms with Gasteiger partial charge in [0.05, 0.1) is 6.04 Å². The lowest BCUT2D eigenvalue weighted by molar-refractivity contribution is 0.555. The Kier molecular flexibility index (Phi) is 4.76. The molecule has 1 atom stereocenters. The van der Waals surface area contributed by atoms with Gasteiger partial charge in [0.15, 0.2) is 0 Å². The molecule has 2 nitrogen and oxygen atoms in total. The lowest BCUT2D eigenvalue weighted by atomic mass is 10.0. The minimum Gasteiger partial charge on any atom is -0.271 e. The van der Waals surface area contributed by atoms with Crippen molar-refractivity contribution in [3.63, 3.8) is 0 Å². The van der Waals surface area contributed by atoms with Gasteiger partial charge >= 0.3 is 0 Å². The number of hydrogen-bond donors (Lipinski definition) is 2. The maximum atomic E-state index is 5.63. The fraction of sp³-hybridized carbons (Fsp3) is 0.167. The first-order valence-electron chi connectivity index (χ1n) is 5.13. The van der Waals surface area contributed by atoms with E-state index in [1.165, 1.54) is 10.4 Å². The van der Waals surface area contributed by atoms with Crippen LogP contribution in [0.1, 0.15) is 16.5 Å². The lowest BCUT2D eigenvalue weighted by Gasteiger charge is -2.15. The summed E-state index contributed by atoms with van der Waals surface area (Å²) in [7, 11) is 0. The maximum absolute atomic E-state index is 5.63. The topological polar surface area (TPSA) is 38.0 Å². The summed E-state index contributed by atoms with van der Waals surface area (Å²) in [6.45, 7) is 0. The molecule has 1 unspecified atom stereocenters. The van der Waals surface area contributed by atoms with Crippen molar-refractivity contribution in [3.8, 4) is 0 Å². The number of hydrogen-bond acceptors (Lipinski definition) is 3. The van der Waals surface area contributed by atoms with E-state index in [1.54, 1.807) is 11.3 Å². The van der Waals surface area contributed by atoms with Gasteiger partial charge in [0.2, 0.25) is 0 Å². The van der Waals surface area contributed by atoms with E-state index in [2.05, 4.69) is 60.9 Å². The van der Waals surface area contributed by atoms with Crippen LogP contribution in [-0.4, -0.2) is 0 Å². The first kappa shape index (κ1) is 13.2. The van der Waals surface area contributed by atoms with E-state index >= 15 is 0 Å². The van der Waals surface area contributed by atoms with Gasteiger partial charge < -0.3 is 0 Å². The van der Waals surface area contributed by atoms with E-state index in [4.69, 9.17) is 5.84 Å². The van der Waals surface area contributed by atoms with Crippen LogP contribution in [0, 0.1) is 0 Å². The van der Waals surface area contributed by atoms with Crippen LogP contribution in [0.3, 0.4) is 0 Å². The molecule has 90 valence electrons. The van der Waals surface area contributed by atoms with Crippen LogP contribution in [0.15, 0.2) is 44.7 Å². The fourth-order valence-corrected chi connectivity index (χ4v) is 3.39. The molecular formula is C12H12Br2N2S. The van der Waals surface area contributed by atoms with Crippen molar-refractivity contribution < 1.29 is 0 Å². The molecule has 17 heavy (non-hydrogen) atoms. The van der Waals surface area contributed by atoms with Gasteiger partial charge in [-0.3, -0.25) is 11.3 Å². The number of rotatable bonds is 4. The van der Waals surface area contributed by atoms with Crippen LogP contribution >= 0.6 is 43.2 Å². The van der Waals surface area contributed by atoms with Gasteiger partial charge in [-0.2, -0.15) is 0 Å². The van der Waals surface area contributed by atoms with Crippen LogP contribution in [0.4, 0.5) is 0 Å². The number of thiophene rings is 1. The van der Waals surface area contributed by atoms with E-state index in [9.17, 15) is 0 Å². The van der Waals surface area contributed by atoms with Crippen LogP contribution in [0.25, 0.3) is 0 Å². The van der Waals surface area contributed by atoms with Gasteiger partial charge in [0, 0.05) is 25.6 Å². The zero-order valence-corrected chi connectivity index (χ0v) is 13.0. The van der Waals surface area contributed by atoms with Gasteiger partial charge in [-0.05, 0) is 39.7 Å². The van der Waals surface area contributed by atoms with Crippen molar-refractivity contribution >= 4 is 43.2 Å². The Labute approximate surface area is 121 Å². The van der Waals surface area contributed by atoms with E-state index in [0.717, 1.165) is 15.4 Å². The summed E-state index contributed by atoms with van der Waals surface area (Å²) in [6, 6.07) is 10.5. The first-order chi connectivity index (χ1) is 8.19. The van der Waals surface area contributed by atoms with E-state index < -0.39 is 0 Å². The first-order valence-corrected chi connectivity index (χ1v) is 7.60. The average Bonchev–Trinajstić information content (AvgIpc) is 2.73. The highest BCUT2D eigenvalue weighted by Crippen LogP contribution is 2.25. The molecule has 2 aromatic rings. The molecule has 3 N–H and O–H groups in total. The molecule has 1 heterocycles. The number of hydrazine groups is 1. The van der Waals surface area contributed by atoms with Gasteiger partial charge in [0.1, 0.15) is 0 Å². The normalized spacial score (nSPS) is 12.6. The van der Waals surface area contributed by atoms with E-state index in [-0.39, 0.29) is 6.04 Å². The molecule has 0 aliphatic rings. The predicted molar refractivity (Wildman–Crippen MR) is 79.9 cm³/mol. The second kappa shape index (κ2) is 6.11. The smallest absolute Gasteiger partial charge is 0.0508 e. The third-order valence-electron chi connectivity index (χ3n) is 2.50. The molecule has 2 rings (SSSR count). The summed E-state index contributed by atoms with van der Waals surface area (Å²) in [5, 5.41) is 2.09. The van der Waals surface area contributed by atoms with Crippen molar-refractivity contribution in [2.45, 2.75) is 12.5 Å². The van der Waals surface area contributed by atoms with Gasteiger partial charge in [-0.1, -0.05) is 28.1 Å². The largest absolute Gasteiger partial charge is 0.271 e. The summed E-state index contributed by atoms with van der Waals surface area (Å²) in [6.07, 6.45) is 0.897. The molecule has 0 aliphatic carbocycles. The molecular weight excluding hydrogens is 364 g/mol. The second-order valence-electron chi connectivity index (χ2n) is 3.71. The Morgan fingerprint density at radius 1 is 1.18 bits per heavy atom. The molecule has 5 heteroatoms. The second-order valence-corrected chi connectivity index (χ2v) is 6.53. The molecule has 0 amide bonds. The summed E-state index contributed by atoms with van der Waals surface area (Å²) >= 11 is 8.63. The molecule has 0 aliphatic heterocycles. The Balaban J connectivity index is 2.13. The van der Waals surface area contributed by atoms with Crippen LogP contribution in [-0.2, 0) is 6.42 Å². The monoisotopic (exact) mass is 374 g/mol. The number of halogens is 2. The van der Waals surface area contributed by atoms with Crippen LogP contribution in [0.5, 0.6) is 0 Å².